The zero-order valence-electron chi connectivity index (χ0n) is 19.9. The number of carbonyl (C=O) groups excluding carboxylic acids is 1. The van der Waals surface area contributed by atoms with E-state index in [1.165, 1.54) is 24.3 Å². The van der Waals surface area contributed by atoms with Crippen molar-refractivity contribution in [3.8, 4) is 11.1 Å². The standard InChI is InChI=1S/C30H18O9/c31-14-15-4-3-6-19-18-5-1-2-7-24(18)30(25(15)19,16-8-10-20(26(32)33)22(12-16)28(36)37)17-9-11-21(27(34)35)23(13-17)29(38)39/h1-14H,(H,32,33)(H,34,35)(H,36,37)(H,38,39). The first-order chi connectivity index (χ1) is 18.6. The van der Waals surface area contributed by atoms with E-state index >= 15 is 0 Å². The SMILES string of the molecule is O=Cc1cccc2c1C(c1ccc(C(=O)O)c(C(=O)O)c1)(c1ccc(C(=O)O)c(C(=O)O)c1)c1ccccc1-2. The number of hydrogen-bond donors (Lipinski definition) is 4. The molecule has 0 radical (unpaired) electrons. The van der Waals surface area contributed by atoms with Crippen LogP contribution in [0.2, 0.25) is 0 Å². The van der Waals surface area contributed by atoms with Crippen molar-refractivity contribution in [3.63, 3.8) is 0 Å². The summed E-state index contributed by atoms with van der Waals surface area (Å²) in [6.45, 7) is 0. The average molecular weight is 522 g/mol. The molecule has 1 aliphatic rings. The van der Waals surface area contributed by atoms with E-state index in [4.69, 9.17) is 0 Å². The van der Waals surface area contributed by atoms with Gasteiger partial charge in [0.1, 0.15) is 6.29 Å². The summed E-state index contributed by atoms with van der Waals surface area (Å²) in [6.07, 6.45) is 0.632. The lowest BCUT2D eigenvalue weighted by molar-refractivity contribution is 0.0651. The highest BCUT2D eigenvalue weighted by atomic mass is 16.4. The molecular weight excluding hydrogens is 504 g/mol. The molecule has 0 aromatic heterocycles. The molecule has 0 aliphatic heterocycles. The van der Waals surface area contributed by atoms with E-state index in [1.54, 1.807) is 42.5 Å². The molecule has 4 aromatic carbocycles. The Kier molecular flexibility index (Phi) is 5.84. The van der Waals surface area contributed by atoms with Gasteiger partial charge in [-0.3, -0.25) is 4.79 Å². The molecule has 4 N–H and O–H groups in total. The Morgan fingerprint density at radius 1 is 0.564 bits per heavy atom. The Hall–Kier alpha value is -5.57. The maximum atomic E-state index is 12.4. The lowest BCUT2D eigenvalue weighted by Crippen LogP contribution is -2.31. The van der Waals surface area contributed by atoms with E-state index < -0.39 is 51.5 Å². The molecule has 39 heavy (non-hydrogen) atoms. The summed E-state index contributed by atoms with van der Waals surface area (Å²) in [7, 11) is 0. The molecule has 0 spiro atoms. The molecule has 0 saturated heterocycles. The van der Waals surface area contributed by atoms with Crippen LogP contribution < -0.4 is 0 Å². The summed E-state index contributed by atoms with van der Waals surface area (Å²) in [6, 6.07) is 19.6. The number of carbonyl (C=O) groups is 5. The van der Waals surface area contributed by atoms with E-state index in [0.29, 0.717) is 28.5 Å². The summed E-state index contributed by atoms with van der Waals surface area (Å²) in [5.41, 5.74) is -0.337. The van der Waals surface area contributed by atoms with Gasteiger partial charge in [-0.2, -0.15) is 0 Å². The number of carboxylic acids is 4. The number of carboxylic acid groups (broad SMARTS) is 4. The number of rotatable bonds is 7. The van der Waals surface area contributed by atoms with Crippen LogP contribution in [0.15, 0.2) is 78.9 Å². The van der Waals surface area contributed by atoms with Gasteiger partial charge in [0.15, 0.2) is 0 Å². The smallest absolute Gasteiger partial charge is 0.336 e. The summed E-state index contributed by atoms with van der Waals surface area (Å²) < 4.78 is 0. The molecular formula is C30H18O9. The van der Waals surface area contributed by atoms with Gasteiger partial charge in [-0.1, -0.05) is 54.6 Å². The van der Waals surface area contributed by atoms with Crippen molar-refractivity contribution in [1.29, 1.82) is 0 Å². The van der Waals surface area contributed by atoms with Crippen LogP contribution in [0.5, 0.6) is 0 Å². The fourth-order valence-electron chi connectivity index (χ4n) is 5.54. The molecule has 0 bridgehead atoms. The topological polar surface area (TPSA) is 166 Å². The summed E-state index contributed by atoms with van der Waals surface area (Å²) in [5, 5.41) is 39.0. The molecule has 0 unspecified atom stereocenters. The second kappa shape index (κ2) is 9.07. The molecule has 9 nitrogen and oxygen atoms in total. The van der Waals surface area contributed by atoms with Crippen molar-refractivity contribution in [2.45, 2.75) is 5.41 Å². The first-order valence-corrected chi connectivity index (χ1v) is 11.5. The highest BCUT2D eigenvalue weighted by molar-refractivity contribution is 6.04. The van der Waals surface area contributed by atoms with Crippen LogP contribution in [-0.2, 0) is 5.41 Å². The molecule has 0 saturated carbocycles. The molecule has 9 heteroatoms. The van der Waals surface area contributed by atoms with Crippen molar-refractivity contribution in [2.24, 2.45) is 0 Å². The number of aromatic carboxylic acids is 4. The lowest BCUT2D eigenvalue weighted by atomic mass is 9.66. The van der Waals surface area contributed by atoms with Gasteiger partial charge in [0.25, 0.3) is 0 Å². The zero-order chi connectivity index (χ0) is 28.1. The molecule has 0 heterocycles. The molecule has 5 rings (SSSR count). The van der Waals surface area contributed by atoms with Crippen molar-refractivity contribution in [1.82, 2.24) is 0 Å². The molecule has 0 atom stereocenters. The van der Waals surface area contributed by atoms with Crippen LogP contribution in [0.4, 0.5) is 0 Å². The molecule has 1 aliphatic carbocycles. The maximum Gasteiger partial charge on any atom is 0.336 e. The molecule has 192 valence electrons. The second-order valence-electron chi connectivity index (χ2n) is 8.92. The van der Waals surface area contributed by atoms with E-state index in [2.05, 4.69) is 0 Å². The minimum absolute atomic E-state index is 0.238. The fourth-order valence-corrected chi connectivity index (χ4v) is 5.54. The number of aldehydes is 1. The monoisotopic (exact) mass is 522 g/mol. The Bertz CT molecular complexity index is 1670. The third kappa shape index (κ3) is 3.59. The zero-order valence-corrected chi connectivity index (χ0v) is 19.9. The summed E-state index contributed by atoms with van der Waals surface area (Å²) in [5.74, 6) is -5.89. The van der Waals surface area contributed by atoms with Crippen molar-refractivity contribution in [2.75, 3.05) is 0 Å². The minimum Gasteiger partial charge on any atom is -0.478 e. The van der Waals surface area contributed by atoms with Crippen LogP contribution in [0, 0.1) is 0 Å². The predicted molar refractivity (Wildman–Crippen MR) is 137 cm³/mol. The van der Waals surface area contributed by atoms with Crippen LogP contribution in [0.3, 0.4) is 0 Å². The van der Waals surface area contributed by atoms with Crippen LogP contribution >= 0.6 is 0 Å². The van der Waals surface area contributed by atoms with Crippen LogP contribution in [0.25, 0.3) is 11.1 Å². The largest absolute Gasteiger partial charge is 0.478 e. The van der Waals surface area contributed by atoms with E-state index in [1.807, 2.05) is 0 Å². The van der Waals surface area contributed by atoms with E-state index in [-0.39, 0.29) is 16.7 Å². The van der Waals surface area contributed by atoms with Gasteiger partial charge < -0.3 is 20.4 Å². The van der Waals surface area contributed by atoms with Gasteiger partial charge in [0.2, 0.25) is 0 Å². The molecule has 4 aromatic rings. The van der Waals surface area contributed by atoms with Crippen molar-refractivity contribution in [3.05, 3.63) is 129 Å². The average Bonchev–Trinajstić information content (AvgIpc) is 3.23. The maximum absolute atomic E-state index is 12.4. The number of benzene rings is 4. The van der Waals surface area contributed by atoms with Gasteiger partial charge in [-0.05, 0) is 57.6 Å². The van der Waals surface area contributed by atoms with Gasteiger partial charge >= 0.3 is 23.9 Å². The highest BCUT2D eigenvalue weighted by Crippen LogP contribution is 2.57. The van der Waals surface area contributed by atoms with Crippen molar-refractivity contribution >= 4 is 30.2 Å². The Morgan fingerprint density at radius 2 is 1.05 bits per heavy atom. The predicted octanol–water partition coefficient (Wildman–Crippen LogP) is 4.66. The molecule has 0 fully saturated rings. The van der Waals surface area contributed by atoms with Gasteiger partial charge in [-0.25, -0.2) is 19.2 Å². The van der Waals surface area contributed by atoms with Gasteiger partial charge in [0.05, 0.1) is 27.7 Å². The van der Waals surface area contributed by atoms with E-state index in [0.717, 1.165) is 12.1 Å². The summed E-state index contributed by atoms with van der Waals surface area (Å²) >= 11 is 0. The Balaban J connectivity index is 2.02. The van der Waals surface area contributed by atoms with Gasteiger partial charge in [-0.15, -0.1) is 0 Å². The Morgan fingerprint density at radius 3 is 1.54 bits per heavy atom. The molecule has 0 amide bonds. The third-order valence-electron chi connectivity index (χ3n) is 7.05. The van der Waals surface area contributed by atoms with E-state index in [9.17, 15) is 44.4 Å². The minimum atomic E-state index is -1.49. The number of fused-ring (bicyclic) bond motifs is 3. The third-order valence-corrected chi connectivity index (χ3v) is 7.05. The van der Waals surface area contributed by atoms with Crippen LogP contribution in [-0.4, -0.2) is 50.6 Å². The first kappa shape index (κ1) is 25.1. The van der Waals surface area contributed by atoms with Crippen molar-refractivity contribution < 1.29 is 44.4 Å². The normalized spacial score (nSPS) is 12.7. The van der Waals surface area contributed by atoms with Crippen LogP contribution in [0.1, 0.15) is 74.0 Å². The summed E-state index contributed by atoms with van der Waals surface area (Å²) in [4.78, 5) is 60.3. The lowest BCUT2D eigenvalue weighted by Gasteiger charge is -2.35. The van der Waals surface area contributed by atoms with Gasteiger partial charge in [0, 0.05) is 5.56 Å². The Labute approximate surface area is 220 Å². The number of hydrogen-bond acceptors (Lipinski definition) is 5. The highest BCUT2D eigenvalue weighted by Gasteiger charge is 2.48. The fraction of sp³-hybridized carbons (Fsp3) is 0.0333. The first-order valence-electron chi connectivity index (χ1n) is 11.5. The quantitative estimate of drug-likeness (QED) is 0.222. The second-order valence-corrected chi connectivity index (χ2v) is 8.92.